The first-order chi connectivity index (χ1) is 12.8. The smallest absolute Gasteiger partial charge is 0.270 e. The van der Waals surface area contributed by atoms with Crippen molar-refractivity contribution in [2.24, 2.45) is 0 Å². The van der Waals surface area contributed by atoms with Crippen molar-refractivity contribution in [1.82, 2.24) is 15.1 Å². The highest BCUT2D eigenvalue weighted by Gasteiger charge is 2.30. The molecule has 142 valence electrons. The van der Waals surface area contributed by atoms with E-state index in [-0.39, 0.29) is 28.3 Å². The Morgan fingerprint density at radius 1 is 1.33 bits per heavy atom. The molecule has 1 unspecified atom stereocenters. The molecular weight excluding hydrogens is 374 g/mol. The molecule has 1 amide bonds. The Bertz CT molecular complexity index is 859. The normalized spacial score (nSPS) is 16.3. The van der Waals surface area contributed by atoms with Crippen LogP contribution >= 0.6 is 11.6 Å². The summed E-state index contributed by atoms with van der Waals surface area (Å²) in [6.45, 7) is 0.806. The molecule has 0 radical (unpaired) electrons. The number of ether oxygens (including phenoxy) is 1. The summed E-state index contributed by atoms with van der Waals surface area (Å²) >= 11 is 6.06. The van der Waals surface area contributed by atoms with Gasteiger partial charge >= 0.3 is 0 Å². The highest BCUT2D eigenvalue weighted by Crippen LogP contribution is 2.26. The Hall–Kier alpha value is -2.94. The zero-order valence-corrected chi connectivity index (χ0v) is 15.6. The van der Waals surface area contributed by atoms with Gasteiger partial charge in [0.2, 0.25) is 5.88 Å². The number of nitro groups is 1. The minimum atomic E-state index is -0.556. The fraction of sp³-hybridized carbons (Fsp3) is 0.353. The largest absolute Gasteiger partial charge is 0.471 e. The maximum Gasteiger partial charge on any atom is 0.270 e. The lowest BCUT2D eigenvalue weighted by Gasteiger charge is -2.17. The fourth-order valence-corrected chi connectivity index (χ4v) is 2.95. The van der Waals surface area contributed by atoms with E-state index in [9.17, 15) is 14.9 Å². The van der Waals surface area contributed by atoms with Crippen LogP contribution in [0.2, 0.25) is 5.02 Å². The molecule has 2 heterocycles. The fourth-order valence-electron chi connectivity index (χ4n) is 2.76. The van der Waals surface area contributed by atoms with Crippen LogP contribution in [0.1, 0.15) is 16.8 Å². The molecule has 0 N–H and O–H groups in total. The predicted octanol–water partition coefficient (Wildman–Crippen LogP) is 2.40. The molecule has 0 aliphatic carbocycles. The highest BCUT2D eigenvalue weighted by atomic mass is 35.5. The Balaban J connectivity index is 1.66. The Morgan fingerprint density at radius 2 is 2.11 bits per heavy atom. The van der Waals surface area contributed by atoms with Crippen molar-refractivity contribution < 1.29 is 14.5 Å². The van der Waals surface area contributed by atoms with Crippen molar-refractivity contribution in [1.29, 1.82) is 0 Å². The van der Waals surface area contributed by atoms with Crippen LogP contribution in [0.5, 0.6) is 5.88 Å². The molecule has 1 fully saturated rings. The molecule has 0 saturated carbocycles. The van der Waals surface area contributed by atoms with Crippen LogP contribution in [0.3, 0.4) is 0 Å². The van der Waals surface area contributed by atoms with Gasteiger partial charge in [-0.3, -0.25) is 14.9 Å². The number of anilines is 1. The lowest BCUT2D eigenvalue weighted by molar-refractivity contribution is -0.384. The van der Waals surface area contributed by atoms with Crippen molar-refractivity contribution in [2.45, 2.75) is 12.5 Å². The van der Waals surface area contributed by atoms with E-state index >= 15 is 0 Å². The SMILES string of the molecule is CN(C)c1ccc(OC2CCN(C(=O)c3cc([N+](=O)[O-])ccc3Cl)C2)nn1. The molecule has 1 aliphatic rings. The third-order valence-electron chi connectivity index (χ3n) is 4.20. The predicted molar refractivity (Wildman–Crippen MR) is 99.4 cm³/mol. The number of likely N-dealkylation sites (tertiary alicyclic amines) is 1. The topological polar surface area (TPSA) is 102 Å². The molecule has 27 heavy (non-hydrogen) atoms. The monoisotopic (exact) mass is 391 g/mol. The summed E-state index contributed by atoms with van der Waals surface area (Å²) < 4.78 is 5.79. The average Bonchev–Trinajstić information content (AvgIpc) is 3.10. The van der Waals surface area contributed by atoms with Gasteiger partial charge in [0.25, 0.3) is 11.6 Å². The number of amides is 1. The van der Waals surface area contributed by atoms with Gasteiger partial charge in [-0.05, 0) is 12.1 Å². The molecular formula is C17H18ClN5O4. The molecule has 1 atom stereocenters. The van der Waals surface area contributed by atoms with E-state index in [4.69, 9.17) is 16.3 Å². The second kappa shape index (κ2) is 7.75. The molecule has 1 saturated heterocycles. The van der Waals surface area contributed by atoms with Crippen LogP contribution in [0.4, 0.5) is 11.5 Å². The third-order valence-corrected chi connectivity index (χ3v) is 4.52. The summed E-state index contributed by atoms with van der Waals surface area (Å²) in [5.41, 5.74) is -0.0624. The standard InChI is InChI=1S/C17H18ClN5O4/c1-21(2)15-5-6-16(20-19-15)27-12-7-8-22(10-12)17(24)13-9-11(23(25)26)3-4-14(13)18/h3-6,9,12H,7-8,10H2,1-2H3. The second-order valence-corrected chi connectivity index (χ2v) is 6.73. The van der Waals surface area contributed by atoms with E-state index in [1.165, 1.54) is 18.2 Å². The molecule has 3 rings (SSSR count). The minimum absolute atomic E-state index is 0.113. The molecule has 1 aromatic heterocycles. The van der Waals surface area contributed by atoms with E-state index in [2.05, 4.69) is 10.2 Å². The number of aromatic nitrogens is 2. The van der Waals surface area contributed by atoms with Gasteiger partial charge in [-0.2, -0.15) is 0 Å². The Kier molecular flexibility index (Phi) is 5.41. The van der Waals surface area contributed by atoms with Crippen molar-refractivity contribution in [2.75, 3.05) is 32.1 Å². The zero-order valence-electron chi connectivity index (χ0n) is 14.8. The van der Waals surface area contributed by atoms with Crippen LogP contribution < -0.4 is 9.64 Å². The summed E-state index contributed by atoms with van der Waals surface area (Å²) in [5.74, 6) is 0.739. The third kappa shape index (κ3) is 4.25. The van der Waals surface area contributed by atoms with Gasteiger partial charge < -0.3 is 14.5 Å². The van der Waals surface area contributed by atoms with E-state index in [0.717, 1.165) is 0 Å². The van der Waals surface area contributed by atoms with Gasteiger partial charge in [-0.15, -0.1) is 10.2 Å². The maximum absolute atomic E-state index is 12.7. The molecule has 0 bridgehead atoms. The summed E-state index contributed by atoms with van der Waals surface area (Å²) in [6, 6.07) is 7.35. The molecule has 0 spiro atoms. The van der Waals surface area contributed by atoms with Crippen molar-refractivity contribution in [3.63, 3.8) is 0 Å². The molecule has 9 nitrogen and oxygen atoms in total. The van der Waals surface area contributed by atoms with Gasteiger partial charge in [0.05, 0.1) is 22.1 Å². The number of rotatable bonds is 5. The van der Waals surface area contributed by atoms with Gasteiger partial charge in [0, 0.05) is 45.3 Å². The van der Waals surface area contributed by atoms with Crippen LogP contribution in [0, 0.1) is 10.1 Å². The quantitative estimate of drug-likeness (QED) is 0.569. The molecule has 10 heteroatoms. The highest BCUT2D eigenvalue weighted by molar-refractivity contribution is 6.33. The van der Waals surface area contributed by atoms with Crippen LogP contribution in [0.25, 0.3) is 0 Å². The van der Waals surface area contributed by atoms with E-state index < -0.39 is 4.92 Å². The van der Waals surface area contributed by atoms with Gasteiger partial charge in [-0.25, -0.2) is 0 Å². The number of benzene rings is 1. The van der Waals surface area contributed by atoms with Crippen molar-refractivity contribution in [3.8, 4) is 5.88 Å². The first-order valence-corrected chi connectivity index (χ1v) is 8.64. The van der Waals surface area contributed by atoms with Crippen molar-refractivity contribution >= 4 is 29.0 Å². The van der Waals surface area contributed by atoms with Crippen LogP contribution in [0.15, 0.2) is 30.3 Å². The summed E-state index contributed by atoms with van der Waals surface area (Å²) in [6.07, 6.45) is 0.390. The molecule has 1 aliphatic heterocycles. The van der Waals surface area contributed by atoms with Gasteiger partial charge in [-0.1, -0.05) is 11.6 Å². The lowest BCUT2D eigenvalue weighted by Crippen LogP contribution is -2.31. The van der Waals surface area contributed by atoms with E-state index in [1.807, 2.05) is 19.0 Å². The number of carbonyl (C=O) groups is 1. The Morgan fingerprint density at radius 3 is 2.74 bits per heavy atom. The van der Waals surface area contributed by atoms with E-state index in [1.54, 1.807) is 17.0 Å². The summed E-state index contributed by atoms with van der Waals surface area (Å²) in [4.78, 5) is 26.5. The van der Waals surface area contributed by atoms with Gasteiger partial charge in [0.1, 0.15) is 6.10 Å². The second-order valence-electron chi connectivity index (χ2n) is 6.33. The molecule has 2 aromatic rings. The van der Waals surface area contributed by atoms with E-state index in [0.29, 0.717) is 31.2 Å². The lowest BCUT2D eigenvalue weighted by atomic mass is 10.2. The number of halogens is 1. The summed E-state index contributed by atoms with van der Waals surface area (Å²) in [7, 11) is 3.73. The van der Waals surface area contributed by atoms with Crippen LogP contribution in [-0.4, -0.2) is 59.2 Å². The maximum atomic E-state index is 12.7. The number of non-ortho nitro benzene ring substituents is 1. The summed E-state index contributed by atoms with van der Waals surface area (Å²) in [5, 5.41) is 19.2. The van der Waals surface area contributed by atoms with Crippen molar-refractivity contribution in [3.05, 3.63) is 51.0 Å². The number of carbonyl (C=O) groups excluding carboxylic acids is 1. The molecule has 1 aromatic carbocycles. The first kappa shape index (κ1) is 18.8. The Labute approximate surface area is 160 Å². The number of hydrogen-bond donors (Lipinski definition) is 0. The average molecular weight is 392 g/mol. The zero-order chi connectivity index (χ0) is 19.6. The first-order valence-electron chi connectivity index (χ1n) is 8.26. The van der Waals surface area contributed by atoms with Gasteiger partial charge in [0.15, 0.2) is 5.82 Å². The number of nitrogens with zero attached hydrogens (tertiary/aromatic N) is 5. The number of nitro benzene ring substituents is 1. The van der Waals surface area contributed by atoms with Crippen LogP contribution in [-0.2, 0) is 0 Å². The minimum Gasteiger partial charge on any atom is -0.471 e. The number of hydrogen-bond acceptors (Lipinski definition) is 7.